The van der Waals surface area contributed by atoms with Crippen molar-refractivity contribution in [3.05, 3.63) is 66.6 Å². The minimum Gasteiger partial charge on any atom is -0.497 e. The first kappa shape index (κ1) is 17.1. The number of carbonyl (C=O) groups excluding carboxylic acids is 1. The summed E-state index contributed by atoms with van der Waals surface area (Å²) in [5, 5.41) is 3.34. The fourth-order valence-electron chi connectivity index (χ4n) is 2.66. The van der Waals surface area contributed by atoms with Crippen molar-refractivity contribution in [3.8, 4) is 27.8 Å². The molecule has 0 aliphatic rings. The summed E-state index contributed by atoms with van der Waals surface area (Å²) in [4.78, 5) is 17.8. The van der Waals surface area contributed by atoms with E-state index in [0.717, 1.165) is 16.2 Å². The Morgan fingerprint density at radius 1 is 1.11 bits per heavy atom. The third kappa shape index (κ3) is 3.78. The van der Waals surface area contributed by atoms with Crippen LogP contribution in [0.3, 0.4) is 0 Å². The average Bonchev–Trinajstić information content (AvgIpc) is 3.42. The number of aromatic nitrogens is 1. The van der Waals surface area contributed by atoms with Gasteiger partial charge in [-0.3, -0.25) is 4.79 Å². The number of thiazole rings is 1. The van der Waals surface area contributed by atoms with Crippen molar-refractivity contribution >= 4 is 22.4 Å². The number of methoxy groups -OCH3 is 1. The summed E-state index contributed by atoms with van der Waals surface area (Å²) in [6.07, 6.45) is 3.41. The van der Waals surface area contributed by atoms with E-state index in [1.165, 1.54) is 11.3 Å². The molecule has 6 nitrogen and oxygen atoms in total. The molecule has 4 aromatic rings. The van der Waals surface area contributed by atoms with Crippen molar-refractivity contribution in [3.63, 3.8) is 0 Å². The summed E-state index contributed by atoms with van der Waals surface area (Å²) < 4.78 is 16.2. The zero-order chi connectivity index (χ0) is 18.6. The van der Waals surface area contributed by atoms with Gasteiger partial charge in [-0.2, -0.15) is 0 Å². The normalized spacial score (nSPS) is 10.7. The van der Waals surface area contributed by atoms with Crippen molar-refractivity contribution < 1.29 is 18.4 Å². The number of ether oxygens (including phenoxy) is 1. The number of furan rings is 2. The molecule has 27 heavy (non-hydrogen) atoms. The molecule has 0 saturated heterocycles. The van der Waals surface area contributed by atoms with E-state index in [1.54, 1.807) is 25.7 Å². The first-order chi connectivity index (χ1) is 13.2. The molecule has 0 radical (unpaired) electrons. The van der Waals surface area contributed by atoms with Crippen LogP contribution >= 0.6 is 11.3 Å². The Balaban J connectivity index is 1.57. The fraction of sp³-hybridized carbons (Fsp3) is 0.100. The highest BCUT2D eigenvalue weighted by Crippen LogP contribution is 2.39. The van der Waals surface area contributed by atoms with Crippen molar-refractivity contribution in [2.45, 2.75) is 6.42 Å². The smallest absolute Gasteiger partial charge is 0.230 e. The number of rotatable bonds is 6. The van der Waals surface area contributed by atoms with E-state index >= 15 is 0 Å². The monoisotopic (exact) mass is 380 g/mol. The Kier molecular flexibility index (Phi) is 4.76. The second kappa shape index (κ2) is 7.51. The predicted molar refractivity (Wildman–Crippen MR) is 103 cm³/mol. The molecule has 0 bridgehead atoms. The third-order valence-electron chi connectivity index (χ3n) is 3.87. The van der Waals surface area contributed by atoms with E-state index in [9.17, 15) is 4.79 Å². The highest BCUT2D eigenvalue weighted by Gasteiger charge is 2.20. The van der Waals surface area contributed by atoms with Crippen LogP contribution in [0.4, 0.5) is 5.13 Å². The number of benzene rings is 1. The van der Waals surface area contributed by atoms with E-state index in [-0.39, 0.29) is 12.3 Å². The van der Waals surface area contributed by atoms with Gasteiger partial charge in [0.15, 0.2) is 10.9 Å². The maximum Gasteiger partial charge on any atom is 0.230 e. The molecule has 0 fully saturated rings. The quantitative estimate of drug-likeness (QED) is 0.517. The minimum atomic E-state index is -0.158. The topological polar surface area (TPSA) is 77.5 Å². The molecule has 1 amide bonds. The maximum absolute atomic E-state index is 12.4. The maximum atomic E-state index is 12.4. The van der Waals surface area contributed by atoms with Gasteiger partial charge in [-0.05, 0) is 42.0 Å². The lowest BCUT2D eigenvalue weighted by atomic mass is 10.1. The Labute approximate surface area is 159 Å². The lowest BCUT2D eigenvalue weighted by molar-refractivity contribution is -0.115. The number of nitrogens with one attached hydrogen (secondary N) is 1. The van der Waals surface area contributed by atoms with Gasteiger partial charge in [0.25, 0.3) is 0 Å². The molecule has 7 heteroatoms. The third-order valence-corrected chi connectivity index (χ3v) is 4.86. The van der Waals surface area contributed by atoms with Crippen LogP contribution < -0.4 is 10.1 Å². The molecule has 4 rings (SSSR count). The summed E-state index contributed by atoms with van der Waals surface area (Å²) >= 11 is 1.34. The van der Waals surface area contributed by atoms with Crippen LogP contribution in [0.5, 0.6) is 5.75 Å². The number of amides is 1. The van der Waals surface area contributed by atoms with Gasteiger partial charge in [-0.15, -0.1) is 0 Å². The SMILES string of the molecule is COc1cccc(CC(=O)Nc2nc(-c3ccco3)c(-c3ccco3)s2)c1. The number of nitrogens with zero attached hydrogens (tertiary/aromatic N) is 1. The highest BCUT2D eigenvalue weighted by atomic mass is 32.1. The van der Waals surface area contributed by atoms with Crippen LogP contribution in [0.1, 0.15) is 5.56 Å². The highest BCUT2D eigenvalue weighted by molar-refractivity contribution is 7.19. The summed E-state index contributed by atoms with van der Waals surface area (Å²) in [6.45, 7) is 0. The van der Waals surface area contributed by atoms with Crippen LogP contribution in [-0.4, -0.2) is 18.0 Å². The van der Waals surface area contributed by atoms with Crippen molar-refractivity contribution in [2.75, 3.05) is 12.4 Å². The number of anilines is 1. The Bertz CT molecular complexity index is 984. The first-order valence-corrected chi connectivity index (χ1v) is 9.06. The first-order valence-electron chi connectivity index (χ1n) is 8.24. The number of hydrogen-bond acceptors (Lipinski definition) is 6. The van der Waals surface area contributed by atoms with Crippen LogP contribution in [0.25, 0.3) is 22.1 Å². The van der Waals surface area contributed by atoms with E-state index in [2.05, 4.69) is 10.3 Å². The van der Waals surface area contributed by atoms with Crippen LogP contribution in [0, 0.1) is 0 Å². The average molecular weight is 380 g/mol. The minimum absolute atomic E-state index is 0.158. The zero-order valence-corrected chi connectivity index (χ0v) is 15.3. The number of carbonyl (C=O) groups is 1. The second-order valence-electron chi connectivity index (χ2n) is 5.73. The summed E-state index contributed by atoms with van der Waals surface area (Å²) in [5.74, 6) is 1.85. The molecule has 0 spiro atoms. The van der Waals surface area contributed by atoms with E-state index in [0.29, 0.717) is 22.3 Å². The fourth-order valence-corrected chi connectivity index (χ4v) is 3.61. The van der Waals surface area contributed by atoms with Gasteiger partial charge in [0.1, 0.15) is 22.1 Å². The lowest BCUT2D eigenvalue weighted by Crippen LogP contribution is -2.14. The second-order valence-corrected chi connectivity index (χ2v) is 6.73. The van der Waals surface area contributed by atoms with Gasteiger partial charge >= 0.3 is 0 Å². The van der Waals surface area contributed by atoms with Gasteiger partial charge < -0.3 is 18.9 Å². The van der Waals surface area contributed by atoms with Gasteiger partial charge in [0, 0.05) is 0 Å². The molecule has 0 unspecified atom stereocenters. The molecule has 0 saturated carbocycles. The molecule has 1 N–H and O–H groups in total. The summed E-state index contributed by atoms with van der Waals surface area (Å²) in [5.41, 5.74) is 1.50. The van der Waals surface area contributed by atoms with Crippen molar-refractivity contribution in [2.24, 2.45) is 0 Å². The predicted octanol–water partition coefficient (Wildman–Crippen LogP) is 4.85. The van der Waals surface area contributed by atoms with Crippen LogP contribution in [0.2, 0.25) is 0 Å². The summed E-state index contributed by atoms with van der Waals surface area (Å²) in [6, 6.07) is 14.7. The molecule has 3 heterocycles. The largest absolute Gasteiger partial charge is 0.497 e. The molecular formula is C20H16N2O4S. The molecule has 1 aromatic carbocycles. The van der Waals surface area contributed by atoms with E-state index in [4.69, 9.17) is 13.6 Å². The molecule has 136 valence electrons. The Morgan fingerprint density at radius 3 is 2.59 bits per heavy atom. The van der Waals surface area contributed by atoms with Crippen LogP contribution in [-0.2, 0) is 11.2 Å². The standard InChI is InChI=1S/C20H16N2O4S/c1-24-14-6-2-5-13(11-14)12-17(23)21-20-22-18(15-7-3-9-25-15)19(27-20)16-8-4-10-26-16/h2-11H,12H2,1H3,(H,21,22,23). The molecule has 0 atom stereocenters. The Morgan fingerprint density at radius 2 is 1.89 bits per heavy atom. The van der Waals surface area contributed by atoms with Gasteiger partial charge in [0.05, 0.1) is 26.1 Å². The summed E-state index contributed by atoms with van der Waals surface area (Å²) in [7, 11) is 1.60. The van der Waals surface area contributed by atoms with Crippen molar-refractivity contribution in [1.82, 2.24) is 4.98 Å². The van der Waals surface area contributed by atoms with Gasteiger partial charge in [-0.25, -0.2) is 4.98 Å². The lowest BCUT2D eigenvalue weighted by Gasteiger charge is -2.04. The zero-order valence-electron chi connectivity index (χ0n) is 14.5. The van der Waals surface area contributed by atoms with E-state index in [1.807, 2.05) is 42.5 Å². The number of hydrogen-bond donors (Lipinski definition) is 1. The van der Waals surface area contributed by atoms with Crippen molar-refractivity contribution in [1.29, 1.82) is 0 Å². The Hall–Kier alpha value is -3.32. The molecule has 0 aliphatic heterocycles. The molecule has 0 aliphatic carbocycles. The molecule has 3 aromatic heterocycles. The van der Waals surface area contributed by atoms with Gasteiger partial charge in [0.2, 0.25) is 5.91 Å². The molecular weight excluding hydrogens is 364 g/mol. The van der Waals surface area contributed by atoms with Gasteiger partial charge in [-0.1, -0.05) is 23.5 Å². The van der Waals surface area contributed by atoms with Crippen LogP contribution in [0.15, 0.2) is 69.9 Å². The van der Waals surface area contributed by atoms with E-state index < -0.39 is 0 Å².